The zero-order valence-corrected chi connectivity index (χ0v) is 11.6. The van der Waals surface area contributed by atoms with Crippen LogP contribution in [0.3, 0.4) is 0 Å². The van der Waals surface area contributed by atoms with Crippen LogP contribution in [0.5, 0.6) is 0 Å². The molecule has 0 radical (unpaired) electrons. The Kier molecular flexibility index (Phi) is 4.01. The Hall–Kier alpha value is -1.66. The monoisotopic (exact) mass is 262 g/mol. The van der Waals surface area contributed by atoms with Crippen LogP contribution in [-0.2, 0) is 0 Å². The standard InChI is InChI=1S/C13H22N6/c1-19(2)6-4-3-5-13(15)7-10-11(8-18-13)16-9-17-12(10)14/h7-9,18H,3-6,15H2,1-2H3,(H2,14,16,17). The number of unbranched alkanes of at least 4 members (excludes halogenated alkanes) is 1. The molecule has 19 heavy (non-hydrogen) atoms. The van der Waals surface area contributed by atoms with Crippen molar-refractivity contribution in [2.24, 2.45) is 5.73 Å². The molecular formula is C13H22N6. The van der Waals surface area contributed by atoms with Crippen LogP contribution in [0.4, 0.5) is 5.82 Å². The quantitative estimate of drug-likeness (QED) is 0.563. The van der Waals surface area contributed by atoms with E-state index < -0.39 is 5.66 Å². The van der Waals surface area contributed by atoms with E-state index in [0.29, 0.717) is 5.82 Å². The largest absolute Gasteiger partial charge is 0.383 e. The Morgan fingerprint density at radius 1 is 1.32 bits per heavy atom. The van der Waals surface area contributed by atoms with Gasteiger partial charge in [-0.25, -0.2) is 9.97 Å². The van der Waals surface area contributed by atoms with E-state index in [2.05, 4.69) is 34.3 Å². The molecule has 0 saturated carbocycles. The highest BCUT2D eigenvalue weighted by molar-refractivity contribution is 5.50. The average molecular weight is 262 g/mol. The maximum absolute atomic E-state index is 6.34. The summed E-state index contributed by atoms with van der Waals surface area (Å²) in [7, 11) is 4.15. The lowest BCUT2D eigenvalue weighted by Crippen LogP contribution is -2.56. The highest BCUT2D eigenvalue weighted by Crippen LogP contribution is 2.11. The molecule has 1 atom stereocenters. The summed E-state index contributed by atoms with van der Waals surface area (Å²) >= 11 is 0. The summed E-state index contributed by atoms with van der Waals surface area (Å²) in [6, 6.07) is 0. The van der Waals surface area contributed by atoms with Crippen LogP contribution in [-0.4, -0.2) is 41.2 Å². The first-order chi connectivity index (χ1) is 9.00. The molecular weight excluding hydrogens is 240 g/mol. The Morgan fingerprint density at radius 2 is 2.11 bits per heavy atom. The predicted octanol–water partition coefficient (Wildman–Crippen LogP) is -1.43. The number of fused-ring (bicyclic) bond motifs is 1. The molecule has 1 unspecified atom stereocenters. The van der Waals surface area contributed by atoms with Crippen molar-refractivity contribution in [3.63, 3.8) is 0 Å². The fourth-order valence-corrected chi connectivity index (χ4v) is 2.18. The second kappa shape index (κ2) is 5.54. The van der Waals surface area contributed by atoms with Gasteiger partial charge in [0.15, 0.2) is 0 Å². The molecule has 0 bridgehead atoms. The number of nitrogens with one attached hydrogen (secondary N) is 1. The number of anilines is 1. The fourth-order valence-electron chi connectivity index (χ4n) is 2.18. The van der Waals surface area contributed by atoms with Gasteiger partial charge in [-0.3, -0.25) is 0 Å². The number of hydrogen-bond acceptors (Lipinski definition) is 6. The topological polar surface area (TPSA) is 93.1 Å². The van der Waals surface area contributed by atoms with Gasteiger partial charge in [-0.05, 0) is 46.0 Å². The third-order valence-corrected chi connectivity index (χ3v) is 3.27. The van der Waals surface area contributed by atoms with Gasteiger partial charge in [0.05, 0.1) is 5.35 Å². The number of rotatable bonds is 5. The van der Waals surface area contributed by atoms with Crippen molar-refractivity contribution < 1.29 is 0 Å². The lowest BCUT2D eigenvalue weighted by molar-refractivity contribution is 0.372. The van der Waals surface area contributed by atoms with Crippen molar-refractivity contribution in [1.82, 2.24) is 20.2 Å². The van der Waals surface area contributed by atoms with E-state index in [4.69, 9.17) is 11.5 Å². The molecule has 2 rings (SSSR count). The van der Waals surface area contributed by atoms with Crippen LogP contribution >= 0.6 is 0 Å². The van der Waals surface area contributed by atoms with E-state index in [-0.39, 0.29) is 0 Å². The van der Waals surface area contributed by atoms with Crippen molar-refractivity contribution >= 4 is 18.1 Å². The molecule has 1 aromatic heterocycles. The highest BCUT2D eigenvalue weighted by Gasteiger charge is 2.22. The summed E-state index contributed by atoms with van der Waals surface area (Å²) in [6.45, 7) is 1.07. The van der Waals surface area contributed by atoms with Gasteiger partial charge in [0, 0.05) is 11.4 Å². The lowest BCUT2D eigenvalue weighted by atomic mass is 10.00. The molecule has 0 fully saturated rings. The fraction of sp³-hybridized carbons (Fsp3) is 0.538. The second-order valence-electron chi connectivity index (χ2n) is 5.29. The molecule has 1 aromatic rings. The molecule has 1 aliphatic heterocycles. The average Bonchev–Trinajstić information content (AvgIpc) is 2.36. The highest BCUT2D eigenvalue weighted by atomic mass is 15.1. The second-order valence-corrected chi connectivity index (χ2v) is 5.29. The first-order valence-electron chi connectivity index (χ1n) is 6.51. The number of hydrogen-bond donors (Lipinski definition) is 3. The van der Waals surface area contributed by atoms with Gasteiger partial charge in [-0.1, -0.05) is 0 Å². The summed E-state index contributed by atoms with van der Waals surface area (Å²) in [5.41, 5.74) is 11.6. The third kappa shape index (κ3) is 3.42. The Bertz CT molecular complexity index is 553. The number of nitrogens with two attached hydrogens (primary N) is 2. The van der Waals surface area contributed by atoms with Crippen molar-refractivity contribution in [2.75, 3.05) is 26.4 Å². The smallest absolute Gasteiger partial charge is 0.134 e. The van der Waals surface area contributed by atoms with Gasteiger partial charge in [0.1, 0.15) is 17.8 Å². The Morgan fingerprint density at radius 3 is 2.84 bits per heavy atom. The molecule has 0 aliphatic carbocycles. The summed E-state index contributed by atoms with van der Waals surface area (Å²) in [6.07, 6.45) is 8.24. The van der Waals surface area contributed by atoms with E-state index in [1.807, 2.05) is 12.3 Å². The van der Waals surface area contributed by atoms with Crippen LogP contribution in [0.15, 0.2) is 6.33 Å². The molecule has 6 nitrogen and oxygen atoms in total. The predicted molar refractivity (Wildman–Crippen MR) is 77.1 cm³/mol. The first-order valence-corrected chi connectivity index (χ1v) is 6.51. The van der Waals surface area contributed by atoms with Crippen molar-refractivity contribution in [3.8, 4) is 0 Å². The summed E-state index contributed by atoms with van der Waals surface area (Å²) in [4.78, 5) is 10.3. The van der Waals surface area contributed by atoms with Crippen LogP contribution in [0.2, 0.25) is 0 Å². The molecule has 0 amide bonds. The first kappa shape index (κ1) is 13.8. The zero-order valence-electron chi connectivity index (χ0n) is 11.6. The maximum atomic E-state index is 6.34. The molecule has 6 heteroatoms. The number of aromatic nitrogens is 2. The number of nitrogens with zero attached hydrogens (tertiary/aromatic N) is 3. The van der Waals surface area contributed by atoms with Crippen LogP contribution < -0.4 is 27.4 Å². The molecule has 0 spiro atoms. The number of nitrogen functional groups attached to an aromatic ring is 1. The maximum Gasteiger partial charge on any atom is 0.134 e. The third-order valence-electron chi connectivity index (χ3n) is 3.27. The van der Waals surface area contributed by atoms with Crippen molar-refractivity contribution in [2.45, 2.75) is 24.9 Å². The van der Waals surface area contributed by atoms with Crippen LogP contribution in [0, 0.1) is 0 Å². The summed E-state index contributed by atoms with van der Waals surface area (Å²) in [5, 5.41) is 4.83. The van der Waals surface area contributed by atoms with E-state index in [0.717, 1.165) is 36.4 Å². The van der Waals surface area contributed by atoms with Crippen molar-refractivity contribution in [3.05, 3.63) is 16.9 Å². The van der Waals surface area contributed by atoms with Gasteiger partial charge >= 0.3 is 0 Å². The van der Waals surface area contributed by atoms with E-state index in [1.54, 1.807) is 0 Å². The Labute approximate surface area is 113 Å². The minimum Gasteiger partial charge on any atom is -0.383 e. The van der Waals surface area contributed by atoms with Crippen LogP contribution in [0.25, 0.3) is 12.3 Å². The van der Waals surface area contributed by atoms with Gasteiger partial charge < -0.3 is 21.7 Å². The van der Waals surface area contributed by atoms with Gasteiger partial charge in [-0.15, -0.1) is 0 Å². The van der Waals surface area contributed by atoms with E-state index in [1.165, 1.54) is 6.33 Å². The molecule has 104 valence electrons. The molecule has 0 saturated heterocycles. The minimum absolute atomic E-state index is 0.478. The summed E-state index contributed by atoms with van der Waals surface area (Å²) < 4.78 is 0. The van der Waals surface area contributed by atoms with Gasteiger partial charge in [-0.2, -0.15) is 0 Å². The Balaban J connectivity index is 2.08. The SMILES string of the molecule is CN(C)CCCCC1(N)C=c2c(N)ncnc2=CN1. The molecule has 5 N–H and O–H groups in total. The van der Waals surface area contributed by atoms with Crippen molar-refractivity contribution in [1.29, 1.82) is 0 Å². The molecule has 0 aromatic carbocycles. The van der Waals surface area contributed by atoms with Gasteiger partial charge in [0.25, 0.3) is 0 Å². The van der Waals surface area contributed by atoms with E-state index >= 15 is 0 Å². The minimum atomic E-state index is -0.557. The molecule has 1 aliphatic rings. The van der Waals surface area contributed by atoms with Crippen LogP contribution in [0.1, 0.15) is 19.3 Å². The van der Waals surface area contributed by atoms with Gasteiger partial charge in [0.2, 0.25) is 0 Å². The van der Waals surface area contributed by atoms with E-state index in [9.17, 15) is 0 Å². The lowest BCUT2D eigenvalue weighted by Gasteiger charge is -2.29. The summed E-state index contributed by atoms with van der Waals surface area (Å²) in [5.74, 6) is 0.478. The normalized spacial score (nSPS) is 21.3. The zero-order chi connectivity index (χ0) is 13.9. The molecule has 2 heterocycles.